The summed E-state index contributed by atoms with van der Waals surface area (Å²) in [7, 11) is 0. The van der Waals surface area contributed by atoms with E-state index in [1.807, 2.05) is 6.07 Å². The third-order valence-corrected chi connectivity index (χ3v) is 3.96. The lowest BCUT2D eigenvalue weighted by atomic mass is 9.64. The van der Waals surface area contributed by atoms with Gasteiger partial charge in [0.15, 0.2) is 0 Å². The van der Waals surface area contributed by atoms with Crippen molar-refractivity contribution in [2.24, 2.45) is 0 Å². The molecule has 1 aliphatic carbocycles. The molecule has 20 heavy (non-hydrogen) atoms. The van der Waals surface area contributed by atoms with Crippen LogP contribution in [0.1, 0.15) is 24.8 Å². The van der Waals surface area contributed by atoms with Crippen molar-refractivity contribution in [3.63, 3.8) is 0 Å². The lowest BCUT2D eigenvalue weighted by Gasteiger charge is -2.40. The van der Waals surface area contributed by atoms with Crippen LogP contribution in [-0.4, -0.2) is 10.9 Å². The van der Waals surface area contributed by atoms with E-state index in [4.69, 9.17) is 0 Å². The molecule has 0 saturated heterocycles. The fraction of sp³-hybridized carbons (Fsp3) is 0.250. The zero-order valence-electron chi connectivity index (χ0n) is 11.0. The van der Waals surface area contributed by atoms with E-state index < -0.39 is 5.41 Å². The topological polar surface area (TPSA) is 42.0 Å². The predicted octanol–water partition coefficient (Wildman–Crippen LogP) is 3.28. The van der Waals surface area contributed by atoms with Crippen LogP contribution < -0.4 is 5.32 Å². The maximum Gasteiger partial charge on any atom is 0.235 e. The van der Waals surface area contributed by atoms with Gasteiger partial charge in [-0.15, -0.1) is 0 Å². The van der Waals surface area contributed by atoms with Gasteiger partial charge in [-0.3, -0.25) is 9.78 Å². The molecule has 0 radical (unpaired) electrons. The number of rotatable bonds is 3. The normalized spacial score (nSPS) is 16.2. The van der Waals surface area contributed by atoms with Crippen LogP contribution in [0.15, 0.2) is 48.8 Å². The summed E-state index contributed by atoms with van der Waals surface area (Å²) >= 11 is 0. The molecule has 1 N–H and O–H groups in total. The average molecular weight is 270 g/mol. The van der Waals surface area contributed by atoms with Gasteiger partial charge in [0.05, 0.1) is 17.3 Å². The predicted molar refractivity (Wildman–Crippen MR) is 74.8 cm³/mol. The molecular formula is C16H15FN2O. The lowest BCUT2D eigenvalue weighted by Crippen LogP contribution is -2.46. The first-order valence-electron chi connectivity index (χ1n) is 6.68. The molecule has 3 nitrogen and oxygen atoms in total. The minimum absolute atomic E-state index is 0.0386. The van der Waals surface area contributed by atoms with Gasteiger partial charge >= 0.3 is 0 Å². The molecule has 3 rings (SSSR count). The number of aromatic nitrogens is 1. The van der Waals surface area contributed by atoms with Crippen LogP contribution in [0.3, 0.4) is 0 Å². The Morgan fingerprint density at radius 2 is 1.95 bits per heavy atom. The first-order chi connectivity index (χ1) is 9.71. The van der Waals surface area contributed by atoms with Gasteiger partial charge in [0, 0.05) is 6.20 Å². The number of anilines is 1. The average Bonchev–Trinajstić information content (AvgIpc) is 2.41. The molecule has 1 saturated carbocycles. The van der Waals surface area contributed by atoms with Crippen LogP contribution >= 0.6 is 0 Å². The maximum atomic E-state index is 13.0. The fourth-order valence-corrected chi connectivity index (χ4v) is 2.63. The third kappa shape index (κ3) is 2.18. The van der Waals surface area contributed by atoms with Crippen LogP contribution in [0.5, 0.6) is 0 Å². The fourth-order valence-electron chi connectivity index (χ4n) is 2.63. The van der Waals surface area contributed by atoms with E-state index in [1.54, 1.807) is 30.6 Å². The number of benzene rings is 1. The molecule has 0 bridgehead atoms. The summed E-state index contributed by atoms with van der Waals surface area (Å²) in [5, 5.41) is 2.90. The Balaban J connectivity index is 1.85. The highest BCUT2D eigenvalue weighted by Gasteiger charge is 2.45. The number of amides is 1. The number of carbonyl (C=O) groups excluding carboxylic acids is 1. The number of carbonyl (C=O) groups is 1. The standard InChI is InChI=1S/C16H15FN2O/c17-13-6-4-12(5-7-13)16(8-2-9-16)15(20)19-14-3-1-10-18-11-14/h1,3-7,10-11H,2,8-9H2,(H,19,20). The molecule has 1 amide bonds. The first kappa shape index (κ1) is 12.8. The quantitative estimate of drug-likeness (QED) is 0.930. The number of nitrogens with one attached hydrogen (secondary N) is 1. The summed E-state index contributed by atoms with van der Waals surface area (Å²) in [4.78, 5) is 16.6. The molecule has 1 aromatic carbocycles. The smallest absolute Gasteiger partial charge is 0.235 e. The van der Waals surface area contributed by atoms with Crippen molar-refractivity contribution >= 4 is 11.6 Å². The van der Waals surface area contributed by atoms with Gasteiger partial charge in [-0.05, 0) is 42.7 Å². The molecule has 4 heteroatoms. The molecule has 0 spiro atoms. The summed E-state index contributed by atoms with van der Waals surface area (Å²) in [6.45, 7) is 0. The van der Waals surface area contributed by atoms with E-state index >= 15 is 0 Å². The van der Waals surface area contributed by atoms with Gasteiger partial charge in [-0.1, -0.05) is 18.6 Å². The van der Waals surface area contributed by atoms with Crippen LogP contribution in [0.4, 0.5) is 10.1 Å². The molecule has 2 aromatic rings. The maximum absolute atomic E-state index is 13.0. The number of hydrogen-bond donors (Lipinski definition) is 1. The summed E-state index contributed by atoms with van der Waals surface area (Å²) in [5.41, 5.74) is 1.04. The lowest BCUT2D eigenvalue weighted by molar-refractivity contribution is -0.124. The Labute approximate surface area is 116 Å². The van der Waals surface area contributed by atoms with Gasteiger partial charge in [0.2, 0.25) is 5.91 Å². The highest BCUT2D eigenvalue weighted by atomic mass is 19.1. The number of pyridine rings is 1. The van der Waals surface area contributed by atoms with Crippen molar-refractivity contribution in [3.8, 4) is 0 Å². The summed E-state index contributed by atoms with van der Waals surface area (Å²) in [5.74, 6) is -0.320. The van der Waals surface area contributed by atoms with Crippen LogP contribution in [0.25, 0.3) is 0 Å². The van der Waals surface area contributed by atoms with Gasteiger partial charge in [0.1, 0.15) is 5.82 Å². The molecule has 1 aromatic heterocycles. The minimum atomic E-state index is -0.524. The molecule has 0 unspecified atom stereocenters. The Hall–Kier alpha value is -2.23. The number of nitrogens with zero attached hydrogens (tertiary/aromatic N) is 1. The van der Waals surface area contributed by atoms with Crippen LogP contribution in [0.2, 0.25) is 0 Å². The van der Waals surface area contributed by atoms with E-state index in [1.165, 1.54) is 12.1 Å². The molecule has 102 valence electrons. The van der Waals surface area contributed by atoms with E-state index in [0.29, 0.717) is 5.69 Å². The van der Waals surface area contributed by atoms with Crippen molar-refractivity contribution < 1.29 is 9.18 Å². The van der Waals surface area contributed by atoms with Crippen molar-refractivity contribution in [2.45, 2.75) is 24.7 Å². The van der Waals surface area contributed by atoms with Crippen LogP contribution in [-0.2, 0) is 10.2 Å². The van der Waals surface area contributed by atoms with Crippen molar-refractivity contribution in [2.75, 3.05) is 5.32 Å². The van der Waals surface area contributed by atoms with Gasteiger partial charge in [-0.2, -0.15) is 0 Å². The molecule has 0 aliphatic heterocycles. The number of hydrogen-bond acceptors (Lipinski definition) is 2. The van der Waals surface area contributed by atoms with Gasteiger partial charge in [0.25, 0.3) is 0 Å². The minimum Gasteiger partial charge on any atom is -0.324 e. The molecular weight excluding hydrogens is 255 g/mol. The van der Waals surface area contributed by atoms with Crippen molar-refractivity contribution in [1.82, 2.24) is 4.98 Å². The second kappa shape index (κ2) is 5.04. The SMILES string of the molecule is O=C(Nc1cccnc1)C1(c2ccc(F)cc2)CCC1. The van der Waals surface area contributed by atoms with E-state index in [0.717, 1.165) is 24.8 Å². The van der Waals surface area contributed by atoms with E-state index in [9.17, 15) is 9.18 Å². The Bertz CT molecular complexity index is 606. The third-order valence-electron chi connectivity index (χ3n) is 3.96. The van der Waals surface area contributed by atoms with Gasteiger partial charge < -0.3 is 5.32 Å². The Morgan fingerprint density at radius 1 is 1.20 bits per heavy atom. The second-order valence-corrected chi connectivity index (χ2v) is 5.14. The first-order valence-corrected chi connectivity index (χ1v) is 6.68. The highest BCUT2D eigenvalue weighted by Crippen LogP contribution is 2.44. The second-order valence-electron chi connectivity index (χ2n) is 5.14. The number of halogens is 1. The summed E-state index contributed by atoms with van der Waals surface area (Å²) in [6, 6.07) is 9.82. The monoisotopic (exact) mass is 270 g/mol. The highest BCUT2D eigenvalue weighted by molar-refractivity contribution is 5.99. The largest absolute Gasteiger partial charge is 0.324 e. The summed E-state index contributed by atoms with van der Waals surface area (Å²) < 4.78 is 13.0. The molecule has 0 atom stereocenters. The summed E-state index contributed by atoms with van der Waals surface area (Å²) in [6.07, 6.45) is 5.89. The van der Waals surface area contributed by atoms with Gasteiger partial charge in [-0.25, -0.2) is 4.39 Å². The Morgan fingerprint density at radius 3 is 2.50 bits per heavy atom. The molecule has 1 aliphatic rings. The molecule has 1 heterocycles. The van der Waals surface area contributed by atoms with Crippen molar-refractivity contribution in [1.29, 1.82) is 0 Å². The Kier molecular flexibility index (Phi) is 3.22. The van der Waals surface area contributed by atoms with Crippen LogP contribution in [0, 0.1) is 5.82 Å². The van der Waals surface area contributed by atoms with E-state index in [2.05, 4.69) is 10.3 Å². The molecule has 1 fully saturated rings. The zero-order chi connectivity index (χ0) is 14.0. The van der Waals surface area contributed by atoms with E-state index in [-0.39, 0.29) is 11.7 Å². The van der Waals surface area contributed by atoms with Crippen molar-refractivity contribution in [3.05, 3.63) is 60.2 Å². The zero-order valence-corrected chi connectivity index (χ0v) is 11.0.